The Balaban J connectivity index is 0.00000153. The van der Waals surface area contributed by atoms with Gasteiger partial charge in [-0.15, -0.1) is 24.8 Å². The van der Waals surface area contributed by atoms with E-state index in [0.717, 1.165) is 71.4 Å². The van der Waals surface area contributed by atoms with Crippen molar-refractivity contribution in [1.29, 1.82) is 0 Å². The molecule has 0 unspecified atom stereocenters. The average Bonchev–Trinajstić information content (AvgIpc) is 3.17. The van der Waals surface area contributed by atoms with Crippen molar-refractivity contribution in [3.63, 3.8) is 0 Å². The molecular weight excluding hydrogens is 464 g/mol. The number of hydrogen-bond acceptors (Lipinski definition) is 4. The molecule has 176 valence electrons. The number of nitrogens with one attached hydrogen (secondary N) is 2. The third-order valence-corrected chi connectivity index (χ3v) is 5.79. The molecule has 1 aliphatic rings. The SMILES string of the molecule is Cc1ccc2c3c(ccc2n1)OC[C@H](CNCCCCc1c[nH]c2ccc(F)cc12)O3.Cl.Cl. The Morgan fingerprint density at radius 3 is 2.85 bits per heavy atom. The summed E-state index contributed by atoms with van der Waals surface area (Å²) in [6.07, 6.45) is 4.97. The zero-order valence-corrected chi connectivity index (χ0v) is 20.0. The largest absolute Gasteiger partial charge is 0.486 e. The molecule has 2 aromatic heterocycles. The molecule has 2 aromatic carbocycles. The molecule has 0 spiro atoms. The molecule has 0 saturated carbocycles. The molecule has 0 radical (unpaired) electrons. The molecule has 1 aliphatic heterocycles. The summed E-state index contributed by atoms with van der Waals surface area (Å²) in [5.74, 6) is 1.38. The summed E-state index contributed by atoms with van der Waals surface area (Å²) >= 11 is 0. The molecule has 1 atom stereocenters. The molecule has 5 rings (SSSR count). The highest BCUT2D eigenvalue weighted by molar-refractivity contribution is 5.88. The summed E-state index contributed by atoms with van der Waals surface area (Å²) in [5.41, 5.74) is 4.07. The fourth-order valence-corrected chi connectivity index (χ4v) is 4.16. The van der Waals surface area contributed by atoms with E-state index in [1.165, 1.54) is 11.6 Å². The number of nitrogens with zero attached hydrogens (tertiary/aromatic N) is 1. The van der Waals surface area contributed by atoms with Crippen molar-refractivity contribution < 1.29 is 13.9 Å². The number of halogens is 3. The molecule has 0 bridgehead atoms. The van der Waals surface area contributed by atoms with Gasteiger partial charge in [-0.25, -0.2) is 4.39 Å². The zero-order valence-electron chi connectivity index (χ0n) is 18.4. The first-order valence-electron chi connectivity index (χ1n) is 10.8. The van der Waals surface area contributed by atoms with Crippen molar-refractivity contribution in [2.45, 2.75) is 32.3 Å². The predicted octanol–water partition coefficient (Wildman–Crippen LogP) is 5.76. The monoisotopic (exact) mass is 491 g/mol. The lowest BCUT2D eigenvalue weighted by molar-refractivity contribution is 0.0925. The van der Waals surface area contributed by atoms with Gasteiger partial charge in [0.1, 0.15) is 18.5 Å². The molecule has 3 heterocycles. The van der Waals surface area contributed by atoms with Crippen LogP contribution in [-0.2, 0) is 6.42 Å². The zero-order chi connectivity index (χ0) is 21.2. The quantitative estimate of drug-likeness (QED) is 0.322. The maximum absolute atomic E-state index is 13.5. The number of H-pyrrole nitrogens is 1. The predicted molar refractivity (Wildman–Crippen MR) is 135 cm³/mol. The van der Waals surface area contributed by atoms with E-state index in [-0.39, 0.29) is 36.7 Å². The number of pyridine rings is 1. The third-order valence-electron chi connectivity index (χ3n) is 5.79. The van der Waals surface area contributed by atoms with Gasteiger partial charge in [0.2, 0.25) is 0 Å². The second-order valence-corrected chi connectivity index (χ2v) is 8.13. The highest BCUT2D eigenvalue weighted by Gasteiger charge is 2.23. The van der Waals surface area contributed by atoms with Gasteiger partial charge < -0.3 is 19.8 Å². The molecular formula is C25H28Cl2FN3O2. The van der Waals surface area contributed by atoms with Crippen LogP contribution in [-0.4, -0.2) is 35.8 Å². The van der Waals surface area contributed by atoms with Gasteiger partial charge in [0.25, 0.3) is 0 Å². The number of unbranched alkanes of at least 4 members (excludes halogenated alkanes) is 1. The Labute approximate surface area is 204 Å². The second kappa shape index (κ2) is 11.1. The van der Waals surface area contributed by atoms with E-state index in [4.69, 9.17) is 9.47 Å². The fraction of sp³-hybridized carbons (Fsp3) is 0.320. The van der Waals surface area contributed by atoms with Gasteiger partial charge in [-0.1, -0.05) is 0 Å². The number of aryl methyl sites for hydroxylation is 2. The maximum atomic E-state index is 13.5. The highest BCUT2D eigenvalue weighted by Crippen LogP contribution is 2.38. The lowest BCUT2D eigenvalue weighted by Crippen LogP contribution is -2.38. The lowest BCUT2D eigenvalue weighted by atomic mass is 10.1. The minimum atomic E-state index is -0.190. The van der Waals surface area contributed by atoms with E-state index < -0.39 is 0 Å². The molecule has 0 saturated heterocycles. The molecule has 0 amide bonds. The fourth-order valence-electron chi connectivity index (χ4n) is 4.16. The van der Waals surface area contributed by atoms with E-state index >= 15 is 0 Å². The summed E-state index contributed by atoms with van der Waals surface area (Å²) in [7, 11) is 0. The van der Waals surface area contributed by atoms with Gasteiger partial charge in [0.05, 0.1) is 5.52 Å². The van der Waals surface area contributed by atoms with Crippen molar-refractivity contribution in [3.05, 3.63) is 65.7 Å². The van der Waals surface area contributed by atoms with Gasteiger partial charge >= 0.3 is 0 Å². The first-order valence-corrected chi connectivity index (χ1v) is 10.8. The van der Waals surface area contributed by atoms with Crippen molar-refractivity contribution in [2.75, 3.05) is 19.7 Å². The number of aromatic nitrogens is 2. The van der Waals surface area contributed by atoms with Gasteiger partial charge in [0.15, 0.2) is 11.5 Å². The standard InChI is InChI=1S/C25H26FN3O2.2ClH/c1-16-5-7-20-23(29-16)9-10-24-25(20)31-19(15-30-24)14-27-11-3-2-4-17-13-28-22-8-6-18(26)12-21(17)22;;/h5-10,12-13,19,27-28H,2-4,11,14-15H2,1H3;2*1H/t19-;;/m0../s1. The van der Waals surface area contributed by atoms with Crippen LogP contribution in [0.5, 0.6) is 11.5 Å². The van der Waals surface area contributed by atoms with Crippen LogP contribution in [0.15, 0.2) is 48.7 Å². The van der Waals surface area contributed by atoms with Crippen LogP contribution in [0.3, 0.4) is 0 Å². The van der Waals surface area contributed by atoms with E-state index in [2.05, 4.69) is 15.3 Å². The summed E-state index contributed by atoms with van der Waals surface area (Å²) < 4.78 is 25.7. The van der Waals surface area contributed by atoms with Crippen molar-refractivity contribution in [3.8, 4) is 11.5 Å². The Morgan fingerprint density at radius 2 is 1.97 bits per heavy atom. The normalized spacial score (nSPS) is 14.7. The van der Waals surface area contributed by atoms with Crippen LogP contribution in [0.2, 0.25) is 0 Å². The van der Waals surface area contributed by atoms with Crippen molar-refractivity contribution in [1.82, 2.24) is 15.3 Å². The molecule has 2 N–H and O–H groups in total. The number of ether oxygens (including phenoxy) is 2. The Hall–Kier alpha value is -2.54. The van der Waals surface area contributed by atoms with Gasteiger partial charge in [-0.2, -0.15) is 0 Å². The van der Waals surface area contributed by atoms with Crippen LogP contribution >= 0.6 is 24.8 Å². The number of fused-ring (bicyclic) bond motifs is 4. The summed E-state index contributed by atoms with van der Waals surface area (Å²) in [6, 6.07) is 12.8. The lowest BCUT2D eigenvalue weighted by Gasteiger charge is -2.27. The molecule has 5 nitrogen and oxygen atoms in total. The van der Waals surface area contributed by atoms with Gasteiger partial charge in [-0.05, 0) is 80.8 Å². The van der Waals surface area contributed by atoms with E-state index in [1.807, 2.05) is 37.4 Å². The first kappa shape index (κ1) is 25.1. The van der Waals surface area contributed by atoms with E-state index in [1.54, 1.807) is 12.1 Å². The summed E-state index contributed by atoms with van der Waals surface area (Å²) in [5, 5.41) is 5.45. The smallest absolute Gasteiger partial charge is 0.171 e. The first-order chi connectivity index (χ1) is 15.2. The molecule has 0 aliphatic carbocycles. The topological polar surface area (TPSA) is 59.2 Å². The maximum Gasteiger partial charge on any atom is 0.171 e. The number of hydrogen-bond donors (Lipinski definition) is 2. The summed E-state index contributed by atoms with van der Waals surface area (Å²) in [4.78, 5) is 7.79. The third kappa shape index (κ3) is 5.52. The number of benzene rings is 2. The Kier molecular flexibility index (Phi) is 8.40. The minimum absolute atomic E-state index is 0. The number of aromatic amines is 1. The molecule has 4 aromatic rings. The second-order valence-electron chi connectivity index (χ2n) is 8.13. The van der Waals surface area contributed by atoms with Crippen LogP contribution < -0.4 is 14.8 Å². The summed E-state index contributed by atoms with van der Waals surface area (Å²) in [6.45, 7) is 4.15. The molecule has 33 heavy (non-hydrogen) atoms. The van der Waals surface area contributed by atoms with Crippen LogP contribution in [0, 0.1) is 12.7 Å². The average molecular weight is 492 g/mol. The van der Waals surface area contributed by atoms with Crippen LogP contribution in [0.4, 0.5) is 4.39 Å². The van der Waals surface area contributed by atoms with Gasteiger partial charge in [-0.3, -0.25) is 4.98 Å². The van der Waals surface area contributed by atoms with Crippen molar-refractivity contribution >= 4 is 46.6 Å². The highest BCUT2D eigenvalue weighted by atomic mass is 35.5. The van der Waals surface area contributed by atoms with Crippen LogP contribution in [0.25, 0.3) is 21.8 Å². The number of rotatable bonds is 7. The van der Waals surface area contributed by atoms with Crippen molar-refractivity contribution in [2.24, 2.45) is 0 Å². The van der Waals surface area contributed by atoms with E-state index in [0.29, 0.717) is 6.61 Å². The molecule has 8 heteroatoms. The van der Waals surface area contributed by atoms with E-state index in [9.17, 15) is 4.39 Å². The molecule has 0 fully saturated rings. The van der Waals surface area contributed by atoms with Gasteiger partial charge in [0, 0.05) is 34.7 Å². The minimum Gasteiger partial charge on any atom is -0.486 e. The van der Waals surface area contributed by atoms with Crippen LogP contribution in [0.1, 0.15) is 24.1 Å². The Morgan fingerprint density at radius 1 is 1.09 bits per heavy atom. The Bertz CT molecular complexity index is 1230.